The number of anilines is 3. The lowest BCUT2D eigenvalue weighted by Gasteiger charge is -2.23. The maximum absolute atomic E-state index is 13.7. The van der Waals surface area contributed by atoms with E-state index in [1.54, 1.807) is 37.3 Å². The summed E-state index contributed by atoms with van der Waals surface area (Å²) < 4.78 is 63.0. The Balaban J connectivity index is 1.77. The van der Waals surface area contributed by atoms with Crippen LogP contribution in [0.1, 0.15) is 13.8 Å². The molecule has 0 unspecified atom stereocenters. The van der Waals surface area contributed by atoms with Crippen molar-refractivity contribution in [3.63, 3.8) is 0 Å². The average Bonchev–Trinajstić information content (AvgIpc) is 2.88. The van der Waals surface area contributed by atoms with E-state index in [1.165, 1.54) is 41.6 Å². The highest BCUT2D eigenvalue weighted by Crippen LogP contribution is 2.41. The van der Waals surface area contributed by atoms with Crippen molar-refractivity contribution in [1.82, 2.24) is 0 Å². The van der Waals surface area contributed by atoms with Gasteiger partial charge in [-0.2, -0.15) is 0 Å². The van der Waals surface area contributed by atoms with Crippen LogP contribution in [0.5, 0.6) is 5.75 Å². The van der Waals surface area contributed by atoms with E-state index in [4.69, 9.17) is 5.73 Å². The van der Waals surface area contributed by atoms with Crippen molar-refractivity contribution in [3.8, 4) is 5.75 Å². The van der Waals surface area contributed by atoms with E-state index < -0.39 is 30.8 Å². The van der Waals surface area contributed by atoms with Gasteiger partial charge < -0.3 is 20.7 Å². The molecule has 0 saturated carbocycles. The molecule has 0 aromatic heterocycles. The zero-order valence-corrected chi connectivity index (χ0v) is 22.9. The summed E-state index contributed by atoms with van der Waals surface area (Å²) in [4.78, 5) is 10.5. The van der Waals surface area contributed by atoms with E-state index in [2.05, 4.69) is 15.5 Å². The highest BCUT2D eigenvalue weighted by atomic mass is 32.2. The SMILES string of the molecule is CCN(c1ccc(NC(C)=O)cc1)S(=O)(=O)c1ccccc1N=Nc1c(N)ccc2cc(S(=O)(=O)[O-])cc(O)c12. The minimum absolute atomic E-state index is 0.0227. The van der Waals surface area contributed by atoms with Crippen LogP contribution in [0.2, 0.25) is 0 Å². The molecule has 0 radical (unpaired) electrons. The molecule has 1 amide bonds. The summed E-state index contributed by atoms with van der Waals surface area (Å²) in [5.41, 5.74) is 6.93. The molecule has 40 heavy (non-hydrogen) atoms. The Hall–Kier alpha value is -4.53. The fourth-order valence-corrected chi connectivity index (χ4v) is 6.18. The van der Waals surface area contributed by atoms with Crippen LogP contribution in [-0.2, 0) is 24.9 Å². The number of phenolic OH excluding ortho intramolecular Hbond substituents is 1. The van der Waals surface area contributed by atoms with Gasteiger partial charge in [0.05, 0.1) is 21.7 Å². The Bertz CT molecular complexity index is 1860. The maximum atomic E-state index is 13.7. The number of benzene rings is 4. The van der Waals surface area contributed by atoms with Gasteiger partial charge in [0.2, 0.25) is 5.91 Å². The molecule has 4 aromatic rings. The first kappa shape index (κ1) is 28.5. The van der Waals surface area contributed by atoms with Gasteiger partial charge in [-0.1, -0.05) is 18.2 Å². The lowest BCUT2D eigenvalue weighted by Crippen LogP contribution is -2.30. The van der Waals surface area contributed by atoms with Gasteiger partial charge in [0.1, 0.15) is 32.1 Å². The molecule has 4 N–H and O–H groups in total. The molecule has 0 saturated heterocycles. The molecule has 14 heteroatoms. The summed E-state index contributed by atoms with van der Waals surface area (Å²) in [5, 5.41) is 21.6. The third kappa shape index (κ3) is 5.73. The fourth-order valence-electron chi connectivity index (χ4n) is 4.05. The summed E-state index contributed by atoms with van der Waals surface area (Å²) in [6.07, 6.45) is 0. The number of carbonyl (C=O) groups is 1. The van der Waals surface area contributed by atoms with Gasteiger partial charge in [-0.15, -0.1) is 10.2 Å². The lowest BCUT2D eigenvalue weighted by molar-refractivity contribution is -0.114. The van der Waals surface area contributed by atoms with Crippen LogP contribution >= 0.6 is 0 Å². The van der Waals surface area contributed by atoms with Crippen molar-refractivity contribution < 1.29 is 31.3 Å². The minimum atomic E-state index is -4.84. The Morgan fingerprint density at radius 1 is 1.00 bits per heavy atom. The number of azo groups is 1. The molecule has 0 heterocycles. The first-order valence-corrected chi connectivity index (χ1v) is 14.6. The van der Waals surface area contributed by atoms with Gasteiger partial charge in [-0.25, -0.2) is 16.8 Å². The van der Waals surface area contributed by atoms with Gasteiger partial charge >= 0.3 is 0 Å². The number of nitrogens with two attached hydrogens (primary N) is 1. The van der Waals surface area contributed by atoms with Crippen molar-refractivity contribution >= 4 is 65.3 Å². The van der Waals surface area contributed by atoms with Crippen LogP contribution < -0.4 is 15.4 Å². The zero-order valence-electron chi connectivity index (χ0n) is 21.3. The number of nitrogen functional groups attached to an aromatic ring is 1. The van der Waals surface area contributed by atoms with E-state index in [9.17, 15) is 31.3 Å². The number of amides is 1. The Morgan fingerprint density at radius 3 is 2.30 bits per heavy atom. The van der Waals surface area contributed by atoms with Gasteiger partial charge in [-0.3, -0.25) is 9.10 Å². The molecule has 0 aliphatic rings. The molecule has 4 rings (SSSR count). The minimum Gasteiger partial charge on any atom is -0.744 e. The summed E-state index contributed by atoms with van der Waals surface area (Å²) in [5.74, 6) is -0.822. The molecule has 0 spiro atoms. The molecule has 0 atom stereocenters. The van der Waals surface area contributed by atoms with Crippen molar-refractivity contribution in [2.75, 3.05) is 21.9 Å². The van der Waals surface area contributed by atoms with Gasteiger partial charge in [-0.05, 0) is 66.9 Å². The summed E-state index contributed by atoms with van der Waals surface area (Å²) >= 11 is 0. The van der Waals surface area contributed by atoms with E-state index in [1.807, 2.05) is 0 Å². The number of hydrogen-bond acceptors (Lipinski definition) is 10. The first-order valence-electron chi connectivity index (χ1n) is 11.7. The zero-order chi connectivity index (χ0) is 29.2. The molecule has 0 bridgehead atoms. The topological polar surface area (TPSA) is 195 Å². The van der Waals surface area contributed by atoms with Gasteiger partial charge in [0.25, 0.3) is 10.0 Å². The molecule has 12 nitrogen and oxygen atoms in total. The maximum Gasteiger partial charge on any atom is 0.266 e. The van der Waals surface area contributed by atoms with Gasteiger partial charge in [0, 0.05) is 19.2 Å². The Kier molecular flexibility index (Phi) is 7.77. The summed E-state index contributed by atoms with van der Waals surface area (Å²) in [6.45, 7) is 3.12. The fraction of sp³-hybridized carbons (Fsp3) is 0.115. The number of carbonyl (C=O) groups excluding carboxylic acids is 1. The highest BCUT2D eigenvalue weighted by Gasteiger charge is 2.26. The Morgan fingerprint density at radius 2 is 1.68 bits per heavy atom. The number of sulfonamides is 1. The molecule has 0 aliphatic heterocycles. The molecular formula is C26H24N5O7S2-. The second-order valence-corrected chi connectivity index (χ2v) is 11.8. The lowest BCUT2D eigenvalue weighted by atomic mass is 10.1. The summed E-state index contributed by atoms with van der Waals surface area (Å²) in [7, 11) is -8.99. The first-order chi connectivity index (χ1) is 18.8. The standard InChI is InChI=1S/C26H25N5O7S2/c1-3-31(19-11-9-18(10-12-19)28-16(2)32)39(34,35)24-7-5-4-6-22(24)29-30-26-21(27)13-8-17-14-20(40(36,37)38)15-23(33)25(17)26/h4-15,33H,3,27H2,1-2H3,(H,28,32)(H,36,37,38)/p-1. The third-order valence-corrected chi connectivity index (χ3v) is 8.58. The van der Waals surface area contributed by atoms with Crippen LogP contribution in [-0.4, -0.2) is 38.9 Å². The Labute approximate surface area is 230 Å². The predicted molar refractivity (Wildman–Crippen MR) is 150 cm³/mol. The van der Waals surface area contributed by atoms with Crippen molar-refractivity contribution in [1.29, 1.82) is 0 Å². The number of nitrogens with zero attached hydrogens (tertiary/aromatic N) is 3. The number of fused-ring (bicyclic) bond motifs is 1. The number of rotatable bonds is 8. The van der Waals surface area contributed by atoms with Crippen LogP contribution in [0.15, 0.2) is 92.8 Å². The largest absolute Gasteiger partial charge is 0.744 e. The monoisotopic (exact) mass is 582 g/mol. The quantitative estimate of drug-likeness (QED) is 0.152. The molecule has 0 fully saturated rings. The second-order valence-electron chi connectivity index (χ2n) is 8.56. The number of aromatic hydroxyl groups is 1. The molecule has 4 aromatic carbocycles. The summed E-state index contributed by atoms with van der Waals surface area (Å²) in [6, 6.07) is 16.9. The van der Waals surface area contributed by atoms with Crippen LogP contribution in [0.25, 0.3) is 10.8 Å². The number of nitrogens with one attached hydrogen (secondary N) is 1. The normalized spacial score (nSPS) is 12.1. The van der Waals surface area contributed by atoms with Crippen molar-refractivity contribution in [2.45, 2.75) is 23.6 Å². The smallest absolute Gasteiger partial charge is 0.266 e. The van der Waals surface area contributed by atoms with Crippen LogP contribution in [0.4, 0.5) is 28.4 Å². The predicted octanol–water partition coefficient (Wildman–Crippen LogP) is 4.62. The van der Waals surface area contributed by atoms with Crippen molar-refractivity contribution in [2.24, 2.45) is 10.2 Å². The van der Waals surface area contributed by atoms with E-state index in [0.29, 0.717) is 11.4 Å². The van der Waals surface area contributed by atoms with E-state index in [0.717, 1.165) is 12.1 Å². The number of hydrogen-bond donors (Lipinski definition) is 3. The number of phenols is 1. The second kappa shape index (κ2) is 10.9. The molecule has 0 aliphatic carbocycles. The third-order valence-electron chi connectivity index (χ3n) is 5.82. The van der Waals surface area contributed by atoms with E-state index in [-0.39, 0.29) is 45.2 Å². The highest BCUT2D eigenvalue weighted by molar-refractivity contribution is 7.93. The average molecular weight is 583 g/mol. The molecule has 208 valence electrons. The molecular weight excluding hydrogens is 558 g/mol. The van der Waals surface area contributed by atoms with Crippen LogP contribution in [0, 0.1) is 0 Å². The van der Waals surface area contributed by atoms with E-state index >= 15 is 0 Å². The van der Waals surface area contributed by atoms with Crippen molar-refractivity contribution in [3.05, 3.63) is 72.8 Å². The van der Waals surface area contributed by atoms with Crippen LogP contribution in [0.3, 0.4) is 0 Å². The van der Waals surface area contributed by atoms with Gasteiger partial charge in [0.15, 0.2) is 0 Å².